The molecule has 0 fully saturated rings. The van der Waals surface area contributed by atoms with E-state index in [0.29, 0.717) is 0 Å². The van der Waals surface area contributed by atoms with Gasteiger partial charge in [-0.25, -0.2) is 9.59 Å². The number of carbonyl (C=O) groups is 2. The van der Waals surface area contributed by atoms with Crippen LogP contribution >= 0.6 is 0 Å². The molecular formula is C22H18N8O10. The topological polar surface area (TPSA) is 283 Å². The van der Waals surface area contributed by atoms with Crippen molar-refractivity contribution in [2.45, 2.75) is 12.2 Å². The first-order valence-electron chi connectivity index (χ1n) is 10.9. The van der Waals surface area contributed by atoms with E-state index in [-0.39, 0.29) is 22.8 Å². The molecule has 2 atom stereocenters. The highest BCUT2D eigenvalue weighted by atomic mass is 16.6. The fraction of sp³-hybridized carbons (Fsp3) is 0.0909. The minimum Gasteiger partial charge on any atom is -0.504 e. The number of phenolic OH excluding ortho intramolecular Hbond substituents is 6. The Balaban J connectivity index is 1.57. The predicted octanol–water partition coefficient (Wildman–Crippen LogP) is 0.242. The van der Waals surface area contributed by atoms with Crippen molar-refractivity contribution in [2.75, 3.05) is 0 Å². The molecule has 18 nitrogen and oxygen atoms in total. The van der Waals surface area contributed by atoms with Crippen LogP contribution < -0.4 is 0 Å². The molecule has 4 aromatic rings. The van der Waals surface area contributed by atoms with E-state index in [0.717, 1.165) is 48.6 Å². The molecular weight excluding hydrogens is 536 g/mol. The van der Waals surface area contributed by atoms with Crippen LogP contribution in [-0.4, -0.2) is 83.8 Å². The van der Waals surface area contributed by atoms with E-state index in [1.807, 2.05) is 0 Å². The van der Waals surface area contributed by atoms with Gasteiger partial charge in [0.15, 0.2) is 34.5 Å². The number of carbonyl (C=O) groups excluding carboxylic acids is 2. The van der Waals surface area contributed by atoms with E-state index in [1.165, 1.54) is 0 Å². The Labute approximate surface area is 221 Å². The average molecular weight is 554 g/mol. The second-order valence-electron chi connectivity index (χ2n) is 7.74. The summed E-state index contributed by atoms with van der Waals surface area (Å²) in [6.45, 7) is 0. The molecule has 0 radical (unpaired) electrons. The van der Waals surface area contributed by atoms with Crippen LogP contribution in [0.4, 0.5) is 0 Å². The third-order valence-electron chi connectivity index (χ3n) is 5.00. The Morgan fingerprint density at radius 2 is 1.00 bits per heavy atom. The highest BCUT2D eigenvalue weighted by Gasteiger charge is 2.37. The zero-order valence-corrected chi connectivity index (χ0v) is 19.8. The Morgan fingerprint density at radius 3 is 1.30 bits per heavy atom. The lowest BCUT2D eigenvalue weighted by Gasteiger charge is -2.21. The van der Waals surface area contributed by atoms with E-state index in [1.54, 1.807) is 0 Å². The van der Waals surface area contributed by atoms with Crippen LogP contribution in [0, 0.1) is 0 Å². The van der Waals surface area contributed by atoms with Crippen LogP contribution in [0.25, 0.3) is 12.2 Å². The van der Waals surface area contributed by atoms with Crippen LogP contribution in [0.3, 0.4) is 0 Å². The van der Waals surface area contributed by atoms with Gasteiger partial charge < -0.3 is 40.1 Å². The fourth-order valence-electron chi connectivity index (χ4n) is 3.18. The third kappa shape index (κ3) is 6.19. The Morgan fingerprint density at radius 1 is 0.650 bits per heavy atom. The quantitative estimate of drug-likeness (QED) is 0.0781. The molecule has 4 rings (SSSR count). The molecule has 2 aromatic carbocycles. The summed E-state index contributed by atoms with van der Waals surface area (Å²) in [5, 5.41) is 83.7. The van der Waals surface area contributed by atoms with E-state index < -0.39 is 58.6 Å². The summed E-state index contributed by atoms with van der Waals surface area (Å²) in [5.41, 5.74) is 0.247. The highest BCUT2D eigenvalue weighted by molar-refractivity contribution is 5.88. The van der Waals surface area contributed by atoms with Crippen LogP contribution in [0.1, 0.15) is 35.0 Å². The number of benzene rings is 2. The first-order chi connectivity index (χ1) is 19.1. The first kappa shape index (κ1) is 26.9. The van der Waals surface area contributed by atoms with Crippen molar-refractivity contribution < 1.29 is 49.7 Å². The molecule has 0 saturated carbocycles. The van der Waals surface area contributed by atoms with Crippen molar-refractivity contribution in [2.24, 2.45) is 0 Å². The third-order valence-corrected chi connectivity index (χ3v) is 5.00. The number of nitrogens with zero attached hydrogens (tertiary/aromatic N) is 6. The summed E-state index contributed by atoms with van der Waals surface area (Å²) in [5.74, 6) is -6.57. The molecule has 206 valence electrons. The van der Waals surface area contributed by atoms with Gasteiger partial charge in [-0.3, -0.25) is 0 Å². The number of hydrogen-bond donors (Lipinski definition) is 8. The van der Waals surface area contributed by atoms with Gasteiger partial charge in [-0.05, 0) is 47.5 Å². The van der Waals surface area contributed by atoms with Crippen LogP contribution in [0.5, 0.6) is 34.5 Å². The fourth-order valence-corrected chi connectivity index (χ4v) is 3.18. The number of tetrazole rings is 2. The lowest BCUT2D eigenvalue weighted by atomic mass is 10.1. The Hall–Kier alpha value is -6.20. The van der Waals surface area contributed by atoms with Crippen LogP contribution in [0.15, 0.2) is 36.4 Å². The molecule has 0 spiro atoms. The maximum atomic E-state index is 12.7. The van der Waals surface area contributed by atoms with Gasteiger partial charge >= 0.3 is 11.9 Å². The maximum absolute atomic E-state index is 12.7. The van der Waals surface area contributed by atoms with Crippen LogP contribution in [-0.2, 0) is 19.1 Å². The monoisotopic (exact) mass is 554 g/mol. The predicted molar refractivity (Wildman–Crippen MR) is 127 cm³/mol. The number of aromatic amines is 2. The number of rotatable bonds is 9. The standard InChI is InChI=1S/C22H18N8O10/c31-11-5-9(6-12(32)17(11)37)1-3-15(35)39-19(21-23-27-28-24-21)20(22-25-29-30-26-22)40-16(36)4-2-10-7-13(33)18(38)14(34)8-10/h1-8,19-20,31-34,37-38H,(H,23,24,27,28)(H,25,26,29,30)/b3-1+,4-2+/t19-,20-/m1/s1. The smallest absolute Gasteiger partial charge is 0.331 e. The lowest BCUT2D eigenvalue weighted by molar-refractivity contribution is -0.164. The largest absolute Gasteiger partial charge is 0.504 e. The van der Waals surface area contributed by atoms with Crippen molar-refractivity contribution in [1.29, 1.82) is 0 Å². The number of phenols is 6. The lowest BCUT2D eigenvalue weighted by Crippen LogP contribution is -2.24. The molecule has 0 aliphatic heterocycles. The second kappa shape index (κ2) is 11.5. The van der Waals surface area contributed by atoms with E-state index >= 15 is 0 Å². The highest BCUT2D eigenvalue weighted by Crippen LogP contribution is 2.37. The molecule has 0 aliphatic carbocycles. The number of esters is 2. The van der Waals surface area contributed by atoms with Crippen molar-refractivity contribution in [3.05, 3.63) is 59.2 Å². The number of aromatic hydroxyl groups is 6. The SMILES string of the molecule is O=C(/C=C/c1cc(O)c(O)c(O)c1)O[C@@H](c1nn[nH]n1)[C@@H](OC(=O)/C=C/c1cc(O)c(O)c(O)c1)c1nn[nH]n1. The van der Waals surface area contributed by atoms with E-state index in [4.69, 9.17) is 9.47 Å². The summed E-state index contributed by atoms with van der Waals surface area (Å²) < 4.78 is 10.8. The minimum absolute atomic E-state index is 0.124. The van der Waals surface area contributed by atoms with Gasteiger partial charge in [0.25, 0.3) is 0 Å². The summed E-state index contributed by atoms with van der Waals surface area (Å²) in [7, 11) is 0. The van der Waals surface area contributed by atoms with E-state index in [9.17, 15) is 40.2 Å². The molecule has 0 amide bonds. The molecule has 18 heteroatoms. The van der Waals surface area contributed by atoms with Gasteiger partial charge in [0, 0.05) is 12.2 Å². The zero-order chi connectivity index (χ0) is 28.8. The molecule has 0 aliphatic rings. The maximum Gasteiger partial charge on any atom is 0.331 e. The van der Waals surface area contributed by atoms with Crippen molar-refractivity contribution in [3.8, 4) is 34.5 Å². The Bertz CT molecular complexity index is 1410. The van der Waals surface area contributed by atoms with Gasteiger partial charge in [0.1, 0.15) is 0 Å². The zero-order valence-electron chi connectivity index (χ0n) is 19.8. The van der Waals surface area contributed by atoms with Gasteiger partial charge in [0.2, 0.25) is 23.9 Å². The average Bonchev–Trinajstić information content (AvgIpc) is 3.65. The molecule has 0 bridgehead atoms. The number of H-pyrrole nitrogens is 2. The van der Waals surface area contributed by atoms with Crippen LogP contribution in [0.2, 0.25) is 0 Å². The summed E-state index contributed by atoms with van der Waals surface area (Å²) >= 11 is 0. The molecule has 40 heavy (non-hydrogen) atoms. The number of aromatic nitrogens is 8. The first-order valence-corrected chi connectivity index (χ1v) is 10.9. The molecule has 2 heterocycles. The normalized spacial score (nSPS) is 12.9. The summed E-state index contributed by atoms with van der Waals surface area (Å²) in [6.07, 6.45) is 0.946. The molecule has 0 saturated heterocycles. The van der Waals surface area contributed by atoms with Crippen molar-refractivity contribution in [1.82, 2.24) is 41.2 Å². The minimum atomic E-state index is -1.57. The van der Waals surface area contributed by atoms with Gasteiger partial charge in [-0.2, -0.15) is 10.4 Å². The van der Waals surface area contributed by atoms with E-state index in [2.05, 4.69) is 41.2 Å². The van der Waals surface area contributed by atoms with Gasteiger partial charge in [-0.15, -0.1) is 20.4 Å². The molecule has 2 aromatic heterocycles. The summed E-state index contributed by atoms with van der Waals surface area (Å²) in [4.78, 5) is 25.3. The van der Waals surface area contributed by atoms with Crippen molar-refractivity contribution >= 4 is 24.1 Å². The molecule has 8 N–H and O–H groups in total. The Kier molecular flexibility index (Phi) is 7.69. The molecule has 0 unspecified atom stereocenters. The summed E-state index contributed by atoms with van der Waals surface area (Å²) in [6, 6.07) is 4.28. The number of nitrogens with one attached hydrogen (secondary N) is 2. The van der Waals surface area contributed by atoms with Gasteiger partial charge in [-0.1, -0.05) is 10.4 Å². The second-order valence-corrected chi connectivity index (χ2v) is 7.74. The van der Waals surface area contributed by atoms with Crippen molar-refractivity contribution in [3.63, 3.8) is 0 Å². The number of hydrogen-bond acceptors (Lipinski definition) is 16. The van der Waals surface area contributed by atoms with Gasteiger partial charge in [0.05, 0.1) is 0 Å². The number of ether oxygens (including phenoxy) is 2.